The lowest BCUT2D eigenvalue weighted by atomic mass is 10.1. The lowest BCUT2D eigenvalue weighted by Gasteiger charge is -2.11. The zero-order valence-electron chi connectivity index (χ0n) is 9.30. The molecule has 86 valence electrons. The first-order valence-corrected chi connectivity index (χ1v) is 5.41. The van der Waals surface area contributed by atoms with Gasteiger partial charge in [0, 0.05) is 5.92 Å². The molecule has 16 heavy (non-hydrogen) atoms. The van der Waals surface area contributed by atoms with Crippen LogP contribution < -0.4 is 9.47 Å². The van der Waals surface area contributed by atoms with Crippen LogP contribution >= 0.6 is 0 Å². The van der Waals surface area contributed by atoms with Gasteiger partial charge in [-0.1, -0.05) is 12.2 Å². The van der Waals surface area contributed by atoms with E-state index in [4.69, 9.17) is 9.47 Å². The summed E-state index contributed by atoms with van der Waals surface area (Å²) in [6.07, 6.45) is 4.29. The van der Waals surface area contributed by atoms with E-state index in [1.165, 1.54) is 0 Å². The van der Waals surface area contributed by atoms with Gasteiger partial charge in [0.2, 0.25) is 0 Å². The molecule has 0 aromatic heterocycles. The van der Waals surface area contributed by atoms with Gasteiger partial charge in [0.1, 0.15) is 11.5 Å². The first kappa shape index (κ1) is 11.0. The number of rotatable bonds is 4. The molecule has 1 aliphatic carbocycles. The predicted molar refractivity (Wildman–Crippen MR) is 61.7 cm³/mol. The summed E-state index contributed by atoms with van der Waals surface area (Å²) in [7, 11) is 1.64. The third kappa shape index (κ3) is 2.76. The van der Waals surface area contributed by atoms with Gasteiger partial charge in [-0.05, 0) is 30.7 Å². The Balaban J connectivity index is 1.83. The Morgan fingerprint density at radius 1 is 1.19 bits per heavy atom. The molecule has 0 saturated heterocycles. The highest BCUT2D eigenvalue weighted by Crippen LogP contribution is 2.21. The molecule has 1 N–H and O–H groups in total. The number of ether oxygens (including phenoxy) is 2. The van der Waals surface area contributed by atoms with Gasteiger partial charge in [0.05, 0.1) is 19.8 Å². The van der Waals surface area contributed by atoms with Crippen LogP contribution in [-0.2, 0) is 0 Å². The first-order valence-electron chi connectivity index (χ1n) is 5.41. The van der Waals surface area contributed by atoms with E-state index >= 15 is 0 Å². The second kappa shape index (κ2) is 5.03. The topological polar surface area (TPSA) is 38.7 Å². The summed E-state index contributed by atoms with van der Waals surface area (Å²) in [5.74, 6) is 1.97. The van der Waals surface area contributed by atoms with Crippen LogP contribution in [0.4, 0.5) is 0 Å². The van der Waals surface area contributed by atoms with E-state index in [1.807, 2.05) is 36.4 Å². The number of aliphatic hydroxyl groups is 1. The minimum absolute atomic E-state index is 0.301. The van der Waals surface area contributed by atoms with Gasteiger partial charge in [-0.3, -0.25) is 0 Å². The third-order valence-electron chi connectivity index (χ3n) is 2.67. The Morgan fingerprint density at radius 2 is 1.88 bits per heavy atom. The van der Waals surface area contributed by atoms with Gasteiger partial charge >= 0.3 is 0 Å². The maximum atomic E-state index is 9.31. The molecule has 0 heterocycles. The summed E-state index contributed by atoms with van der Waals surface area (Å²) < 4.78 is 10.7. The van der Waals surface area contributed by atoms with Crippen LogP contribution in [-0.4, -0.2) is 24.9 Å². The van der Waals surface area contributed by atoms with Gasteiger partial charge in [0.25, 0.3) is 0 Å². The van der Waals surface area contributed by atoms with Gasteiger partial charge < -0.3 is 14.6 Å². The lowest BCUT2D eigenvalue weighted by molar-refractivity contribution is 0.188. The maximum absolute atomic E-state index is 9.31. The first-order chi connectivity index (χ1) is 7.78. The molecule has 0 saturated carbocycles. The molecule has 0 radical (unpaired) electrons. The molecular weight excluding hydrogens is 204 g/mol. The van der Waals surface area contributed by atoms with Crippen LogP contribution in [0, 0.1) is 5.92 Å². The van der Waals surface area contributed by atoms with Crippen LogP contribution in [0.2, 0.25) is 0 Å². The lowest BCUT2D eigenvalue weighted by Crippen LogP contribution is -2.10. The highest BCUT2D eigenvalue weighted by Gasteiger charge is 2.16. The molecule has 0 amide bonds. The molecular formula is C13H16O3. The summed E-state index contributed by atoms with van der Waals surface area (Å²) in [6.45, 7) is 0.611. The van der Waals surface area contributed by atoms with Gasteiger partial charge in [-0.25, -0.2) is 0 Å². The second-order valence-corrected chi connectivity index (χ2v) is 3.93. The van der Waals surface area contributed by atoms with Gasteiger partial charge in [-0.15, -0.1) is 0 Å². The van der Waals surface area contributed by atoms with Crippen molar-refractivity contribution in [3.05, 3.63) is 36.4 Å². The fourth-order valence-electron chi connectivity index (χ4n) is 1.75. The number of hydrogen-bond acceptors (Lipinski definition) is 3. The Labute approximate surface area is 95.3 Å². The second-order valence-electron chi connectivity index (χ2n) is 3.93. The van der Waals surface area contributed by atoms with E-state index in [9.17, 15) is 5.11 Å². The molecule has 0 bridgehead atoms. The summed E-state index contributed by atoms with van der Waals surface area (Å²) in [6, 6.07) is 7.51. The van der Waals surface area contributed by atoms with E-state index < -0.39 is 0 Å². The van der Waals surface area contributed by atoms with Crippen molar-refractivity contribution >= 4 is 0 Å². The van der Waals surface area contributed by atoms with Crippen molar-refractivity contribution in [2.45, 2.75) is 12.5 Å². The third-order valence-corrected chi connectivity index (χ3v) is 2.67. The molecule has 0 fully saturated rings. The van der Waals surface area contributed by atoms with E-state index in [-0.39, 0.29) is 6.10 Å². The van der Waals surface area contributed by atoms with Crippen molar-refractivity contribution in [3.8, 4) is 11.5 Å². The molecule has 0 spiro atoms. The minimum atomic E-state index is -0.301. The largest absolute Gasteiger partial charge is 0.497 e. The molecule has 0 unspecified atom stereocenters. The Morgan fingerprint density at radius 3 is 2.44 bits per heavy atom. The maximum Gasteiger partial charge on any atom is 0.119 e. The van der Waals surface area contributed by atoms with E-state index in [0.29, 0.717) is 12.5 Å². The van der Waals surface area contributed by atoms with Crippen molar-refractivity contribution in [3.63, 3.8) is 0 Å². The summed E-state index contributed by atoms with van der Waals surface area (Å²) >= 11 is 0. The van der Waals surface area contributed by atoms with Crippen LogP contribution in [0.15, 0.2) is 36.4 Å². The average Bonchev–Trinajstić information content (AvgIpc) is 2.73. The fraction of sp³-hybridized carbons (Fsp3) is 0.385. The molecule has 2 rings (SSSR count). The molecule has 0 aliphatic heterocycles. The summed E-state index contributed by atoms with van der Waals surface area (Å²) in [4.78, 5) is 0. The van der Waals surface area contributed by atoms with Gasteiger partial charge in [-0.2, -0.15) is 0 Å². The monoisotopic (exact) mass is 220 g/mol. The van der Waals surface area contributed by atoms with E-state index in [2.05, 4.69) is 0 Å². The number of hydrogen-bond donors (Lipinski definition) is 1. The van der Waals surface area contributed by atoms with Gasteiger partial charge in [0.15, 0.2) is 0 Å². The zero-order chi connectivity index (χ0) is 11.4. The molecule has 3 nitrogen and oxygen atoms in total. The molecule has 1 aromatic carbocycles. The average molecular weight is 220 g/mol. The van der Waals surface area contributed by atoms with Crippen molar-refractivity contribution in [2.24, 2.45) is 5.92 Å². The molecule has 2 atom stereocenters. The highest BCUT2D eigenvalue weighted by atomic mass is 16.5. The van der Waals surface area contributed by atoms with Crippen molar-refractivity contribution < 1.29 is 14.6 Å². The smallest absolute Gasteiger partial charge is 0.119 e. The highest BCUT2D eigenvalue weighted by molar-refractivity contribution is 5.31. The number of methoxy groups -OCH3 is 1. The molecule has 3 heteroatoms. The Kier molecular flexibility index (Phi) is 3.47. The van der Waals surface area contributed by atoms with E-state index in [1.54, 1.807) is 7.11 Å². The standard InChI is InChI=1S/C13H16O3/c1-15-12-4-6-13(7-5-12)16-9-10-2-3-11(14)8-10/h2-7,10-11,14H,8-9H2,1H3/t10-,11+/m1/s1. The quantitative estimate of drug-likeness (QED) is 0.789. The van der Waals surface area contributed by atoms with Crippen LogP contribution in [0.1, 0.15) is 6.42 Å². The van der Waals surface area contributed by atoms with Crippen LogP contribution in [0.3, 0.4) is 0 Å². The summed E-state index contributed by atoms with van der Waals surface area (Å²) in [5, 5.41) is 9.31. The van der Waals surface area contributed by atoms with Crippen molar-refractivity contribution in [2.75, 3.05) is 13.7 Å². The molecule has 1 aromatic rings. The fourth-order valence-corrected chi connectivity index (χ4v) is 1.75. The van der Waals surface area contributed by atoms with E-state index in [0.717, 1.165) is 17.9 Å². The molecule has 1 aliphatic rings. The van der Waals surface area contributed by atoms with Crippen LogP contribution in [0.5, 0.6) is 11.5 Å². The zero-order valence-corrected chi connectivity index (χ0v) is 9.30. The Hall–Kier alpha value is -1.48. The van der Waals surface area contributed by atoms with Crippen molar-refractivity contribution in [1.82, 2.24) is 0 Å². The van der Waals surface area contributed by atoms with Crippen LogP contribution in [0.25, 0.3) is 0 Å². The SMILES string of the molecule is COc1ccc(OC[C@@H]2C=C[C@H](O)C2)cc1. The predicted octanol–water partition coefficient (Wildman–Crippen LogP) is 2.01. The normalized spacial score (nSPS) is 23.4. The summed E-state index contributed by atoms with van der Waals surface area (Å²) in [5.41, 5.74) is 0. The minimum Gasteiger partial charge on any atom is -0.497 e. The number of aliphatic hydroxyl groups excluding tert-OH is 1. The Bertz CT molecular complexity index is 356. The van der Waals surface area contributed by atoms with Crippen molar-refractivity contribution in [1.29, 1.82) is 0 Å². The number of benzene rings is 1.